The van der Waals surface area contributed by atoms with Crippen molar-refractivity contribution in [3.63, 3.8) is 0 Å². The first kappa shape index (κ1) is 20.1. The lowest BCUT2D eigenvalue weighted by Gasteiger charge is -2.18. The monoisotopic (exact) mass is 328 g/mol. The maximum Gasteiger partial charge on any atom is 0.318 e. The van der Waals surface area contributed by atoms with Gasteiger partial charge in [-0.05, 0) is 18.8 Å². The van der Waals surface area contributed by atoms with Crippen LogP contribution in [0.25, 0.3) is 0 Å². The fourth-order valence-corrected chi connectivity index (χ4v) is 1.60. The Morgan fingerprint density at radius 1 is 1.39 bits per heavy atom. The SMILES string of the molecule is C=C(C)N(CCOC(=O)CCC(=O)NC(N)=O)/C(=C\C)[N+](=O)[O-]. The van der Waals surface area contributed by atoms with E-state index in [1.54, 1.807) is 6.92 Å². The van der Waals surface area contributed by atoms with Crippen molar-refractivity contribution in [1.29, 1.82) is 0 Å². The smallest absolute Gasteiger partial charge is 0.318 e. The van der Waals surface area contributed by atoms with Crippen LogP contribution in [0.2, 0.25) is 0 Å². The number of rotatable bonds is 9. The molecular formula is C13H20N4O6. The van der Waals surface area contributed by atoms with Crippen LogP contribution in [-0.4, -0.2) is 40.9 Å². The van der Waals surface area contributed by atoms with Gasteiger partial charge in [0.15, 0.2) is 0 Å². The highest BCUT2D eigenvalue weighted by molar-refractivity contribution is 5.94. The molecule has 0 rings (SSSR count). The van der Waals surface area contributed by atoms with Gasteiger partial charge in [-0.3, -0.25) is 14.9 Å². The highest BCUT2D eigenvalue weighted by Crippen LogP contribution is 2.11. The highest BCUT2D eigenvalue weighted by atomic mass is 16.6. The molecule has 0 bridgehead atoms. The summed E-state index contributed by atoms with van der Waals surface area (Å²) in [6.07, 6.45) is 0.823. The molecule has 23 heavy (non-hydrogen) atoms. The summed E-state index contributed by atoms with van der Waals surface area (Å²) in [6.45, 7) is 6.67. The van der Waals surface area contributed by atoms with E-state index in [4.69, 9.17) is 10.5 Å². The molecule has 0 aliphatic carbocycles. The van der Waals surface area contributed by atoms with Gasteiger partial charge in [-0.2, -0.15) is 0 Å². The molecule has 10 heteroatoms. The average Bonchev–Trinajstić information content (AvgIpc) is 2.42. The summed E-state index contributed by atoms with van der Waals surface area (Å²) < 4.78 is 4.88. The summed E-state index contributed by atoms with van der Waals surface area (Å²) in [7, 11) is 0. The molecule has 0 saturated carbocycles. The maximum atomic E-state index is 11.5. The molecular weight excluding hydrogens is 308 g/mol. The Balaban J connectivity index is 4.32. The lowest BCUT2D eigenvalue weighted by Crippen LogP contribution is -2.35. The van der Waals surface area contributed by atoms with Gasteiger partial charge in [0.05, 0.1) is 12.1 Å². The molecule has 0 heterocycles. The molecule has 0 fully saturated rings. The topological polar surface area (TPSA) is 145 Å². The summed E-state index contributed by atoms with van der Waals surface area (Å²) in [5, 5.41) is 12.7. The zero-order chi connectivity index (χ0) is 18.0. The first-order valence-corrected chi connectivity index (χ1v) is 6.67. The number of carbonyl (C=O) groups excluding carboxylic acids is 3. The number of nitrogens with zero attached hydrogens (tertiary/aromatic N) is 2. The second-order valence-corrected chi connectivity index (χ2v) is 4.42. The number of nitrogens with one attached hydrogen (secondary N) is 1. The van der Waals surface area contributed by atoms with Crippen molar-refractivity contribution in [1.82, 2.24) is 10.2 Å². The number of imide groups is 1. The minimum atomic E-state index is -1.00. The number of amides is 3. The Labute approximate surface area is 133 Å². The molecule has 0 aromatic heterocycles. The molecule has 0 radical (unpaired) electrons. The zero-order valence-corrected chi connectivity index (χ0v) is 13.0. The number of nitro groups is 1. The lowest BCUT2D eigenvalue weighted by molar-refractivity contribution is -0.444. The third-order valence-electron chi connectivity index (χ3n) is 2.58. The van der Waals surface area contributed by atoms with E-state index in [0.717, 1.165) is 0 Å². The van der Waals surface area contributed by atoms with Gasteiger partial charge in [0.25, 0.3) is 0 Å². The molecule has 0 saturated heterocycles. The molecule has 128 valence electrons. The standard InChI is InChI=1S/C13H20N4O6/c1-4-11(17(21)22)16(9(2)3)7-8-23-12(19)6-5-10(18)15-13(14)20/h4H,2,5-8H2,1,3H3,(H3,14,15,18,20)/b11-4+. The van der Waals surface area contributed by atoms with Crippen LogP contribution in [0, 0.1) is 10.1 Å². The minimum Gasteiger partial charge on any atom is -0.461 e. The van der Waals surface area contributed by atoms with Crippen LogP contribution in [-0.2, 0) is 14.3 Å². The number of nitrogens with two attached hydrogens (primary N) is 1. The van der Waals surface area contributed by atoms with Gasteiger partial charge in [0.1, 0.15) is 13.2 Å². The zero-order valence-electron chi connectivity index (χ0n) is 13.0. The van der Waals surface area contributed by atoms with Crippen molar-refractivity contribution in [2.24, 2.45) is 5.73 Å². The average molecular weight is 328 g/mol. The van der Waals surface area contributed by atoms with E-state index in [0.29, 0.717) is 5.70 Å². The van der Waals surface area contributed by atoms with Crippen LogP contribution < -0.4 is 11.1 Å². The molecule has 0 aliphatic heterocycles. The van der Waals surface area contributed by atoms with Crippen LogP contribution in [0.5, 0.6) is 0 Å². The van der Waals surface area contributed by atoms with Crippen molar-refractivity contribution < 1.29 is 24.0 Å². The van der Waals surface area contributed by atoms with E-state index in [-0.39, 0.29) is 31.8 Å². The Kier molecular flexibility index (Phi) is 8.67. The molecule has 0 spiro atoms. The second kappa shape index (κ2) is 9.92. The number of hydrogen-bond acceptors (Lipinski definition) is 7. The Bertz CT molecular complexity index is 529. The Morgan fingerprint density at radius 3 is 2.43 bits per heavy atom. The summed E-state index contributed by atoms with van der Waals surface area (Å²) in [6, 6.07) is -1.00. The van der Waals surface area contributed by atoms with Gasteiger partial charge in [-0.25, -0.2) is 9.69 Å². The molecule has 0 aromatic carbocycles. The molecule has 0 aliphatic rings. The van der Waals surface area contributed by atoms with Crippen LogP contribution in [0.4, 0.5) is 4.79 Å². The number of urea groups is 1. The van der Waals surface area contributed by atoms with Crippen molar-refractivity contribution in [2.45, 2.75) is 26.7 Å². The van der Waals surface area contributed by atoms with E-state index in [1.165, 1.54) is 17.9 Å². The summed E-state index contributed by atoms with van der Waals surface area (Å²) in [4.78, 5) is 44.6. The third kappa shape index (κ3) is 8.19. The summed E-state index contributed by atoms with van der Waals surface area (Å²) in [5.41, 5.74) is 5.17. The molecule has 3 amide bonds. The van der Waals surface area contributed by atoms with Gasteiger partial charge in [-0.15, -0.1) is 0 Å². The van der Waals surface area contributed by atoms with Gasteiger partial charge in [-0.1, -0.05) is 6.58 Å². The van der Waals surface area contributed by atoms with Crippen LogP contribution in [0.1, 0.15) is 26.7 Å². The van der Waals surface area contributed by atoms with Gasteiger partial charge < -0.3 is 20.6 Å². The number of primary amides is 1. The van der Waals surface area contributed by atoms with Gasteiger partial charge >= 0.3 is 17.8 Å². The first-order valence-electron chi connectivity index (χ1n) is 6.67. The lowest BCUT2D eigenvalue weighted by atomic mass is 10.3. The van der Waals surface area contributed by atoms with E-state index in [2.05, 4.69) is 6.58 Å². The molecule has 0 aromatic rings. The van der Waals surface area contributed by atoms with Gasteiger partial charge in [0.2, 0.25) is 5.91 Å². The predicted molar refractivity (Wildman–Crippen MR) is 80.2 cm³/mol. The van der Waals surface area contributed by atoms with Crippen molar-refractivity contribution >= 4 is 17.9 Å². The van der Waals surface area contributed by atoms with E-state index in [1.807, 2.05) is 5.32 Å². The fraction of sp³-hybridized carbons (Fsp3) is 0.462. The number of allylic oxidation sites excluding steroid dienone is 2. The first-order chi connectivity index (χ1) is 10.7. The normalized spacial score (nSPS) is 10.6. The largest absolute Gasteiger partial charge is 0.461 e. The molecule has 10 nitrogen and oxygen atoms in total. The quantitative estimate of drug-likeness (QED) is 0.355. The maximum absolute atomic E-state index is 11.5. The van der Waals surface area contributed by atoms with E-state index >= 15 is 0 Å². The van der Waals surface area contributed by atoms with Crippen LogP contribution in [0.15, 0.2) is 24.2 Å². The Hall–Kier alpha value is -2.91. The van der Waals surface area contributed by atoms with Crippen LogP contribution >= 0.6 is 0 Å². The predicted octanol–water partition coefficient (Wildman–Crippen LogP) is 0.478. The fourth-order valence-electron chi connectivity index (χ4n) is 1.60. The van der Waals surface area contributed by atoms with Gasteiger partial charge in [0, 0.05) is 12.5 Å². The van der Waals surface area contributed by atoms with Crippen LogP contribution in [0.3, 0.4) is 0 Å². The van der Waals surface area contributed by atoms with E-state index < -0.39 is 22.8 Å². The second-order valence-electron chi connectivity index (χ2n) is 4.42. The molecule has 0 unspecified atom stereocenters. The summed E-state index contributed by atoms with van der Waals surface area (Å²) >= 11 is 0. The van der Waals surface area contributed by atoms with Crippen molar-refractivity contribution in [3.05, 3.63) is 34.3 Å². The number of ether oxygens (including phenoxy) is 1. The molecule has 0 atom stereocenters. The number of carbonyl (C=O) groups is 3. The minimum absolute atomic E-state index is 0.0508. The van der Waals surface area contributed by atoms with Crippen molar-refractivity contribution in [2.75, 3.05) is 13.2 Å². The summed E-state index contributed by atoms with van der Waals surface area (Å²) in [5.74, 6) is -1.54. The highest BCUT2D eigenvalue weighted by Gasteiger charge is 2.21. The Morgan fingerprint density at radius 2 is 2.00 bits per heavy atom. The third-order valence-corrected chi connectivity index (χ3v) is 2.58. The van der Waals surface area contributed by atoms with Crippen molar-refractivity contribution in [3.8, 4) is 0 Å². The van der Waals surface area contributed by atoms with E-state index in [9.17, 15) is 24.5 Å². The number of esters is 1. The number of hydrogen-bond donors (Lipinski definition) is 2. The molecule has 3 N–H and O–H groups in total.